The highest BCUT2D eigenvalue weighted by molar-refractivity contribution is 5.79. The molecule has 0 bridgehead atoms. The van der Waals surface area contributed by atoms with Crippen molar-refractivity contribution in [1.29, 1.82) is 0 Å². The maximum absolute atomic E-state index is 5.78. The van der Waals surface area contributed by atoms with Gasteiger partial charge in [0.15, 0.2) is 5.96 Å². The van der Waals surface area contributed by atoms with Gasteiger partial charge in [0, 0.05) is 38.7 Å². The van der Waals surface area contributed by atoms with Crippen molar-refractivity contribution in [2.75, 3.05) is 26.7 Å². The van der Waals surface area contributed by atoms with Crippen LogP contribution < -0.4 is 10.6 Å². The normalized spacial score (nSPS) is 13.0. The molecule has 0 aliphatic carbocycles. The van der Waals surface area contributed by atoms with Crippen LogP contribution in [0.1, 0.15) is 38.4 Å². The maximum Gasteiger partial charge on any atom is 0.226 e. The summed E-state index contributed by atoms with van der Waals surface area (Å²) in [6.45, 7) is 10.8. The lowest BCUT2D eigenvalue weighted by Gasteiger charge is -2.21. The van der Waals surface area contributed by atoms with Crippen LogP contribution in [0.5, 0.6) is 0 Å². The van der Waals surface area contributed by atoms with E-state index in [4.69, 9.17) is 9.15 Å². The zero-order valence-corrected chi connectivity index (χ0v) is 17.8. The van der Waals surface area contributed by atoms with Crippen LogP contribution in [0.2, 0.25) is 0 Å². The smallest absolute Gasteiger partial charge is 0.226 e. The number of nitrogens with one attached hydrogen (secondary N) is 2. The standard InChI is InChI=1S/C22H34N4O2/c1-6-27-20(16(2)3)12-14-25-22(23-5)24-13-11-19-15-28-21(26-19)18-9-7-17(4)8-10-18/h7-10,15-16,20H,6,11-14H2,1-5H3,(H2,23,24,25). The first-order valence-corrected chi connectivity index (χ1v) is 10.1. The molecule has 6 heteroatoms. The Balaban J connectivity index is 1.75. The molecular formula is C22H34N4O2. The van der Waals surface area contributed by atoms with E-state index in [0.717, 1.165) is 49.8 Å². The summed E-state index contributed by atoms with van der Waals surface area (Å²) in [6, 6.07) is 8.18. The molecule has 2 N–H and O–H groups in total. The molecule has 1 heterocycles. The summed E-state index contributed by atoms with van der Waals surface area (Å²) in [5.41, 5.74) is 3.14. The largest absolute Gasteiger partial charge is 0.444 e. The number of oxazole rings is 1. The molecule has 0 spiro atoms. The highest BCUT2D eigenvalue weighted by Crippen LogP contribution is 2.19. The van der Waals surface area contributed by atoms with E-state index in [2.05, 4.69) is 53.5 Å². The van der Waals surface area contributed by atoms with E-state index in [9.17, 15) is 0 Å². The predicted molar refractivity (Wildman–Crippen MR) is 115 cm³/mol. The van der Waals surface area contributed by atoms with Crippen LogP contribution >= 0.6 is 0 Å². The van der Waals surface area contributed by atoms with Gasteiger partial charge < -0.3 is 19.8 Å². The molecule has 0 saturated heterocycles. The number of nitrogens with zero attached hydrogens (tertiary/aromatic N) is 2. The molecule has 0 radical (unpaired) electrons. The molecule has 0 aliphatic heterocycles. The van der Waals surface area contributed by atoms with Crippen LogP contribution in [0.25, 0.3) is 11.5 Å². The number of ether oxygens (including phenoxy) is 1. The fourth-order valence-electron chi connectivity index (χ4n) is 2.94. The van der Waals surface area contributed by atoms with Crippen LogP contribution in [-0.2, 0) is 11.2 Å². The number of guanidine groups is 1. The summed E-state index contributed by atoms with van der Waals surface area (Å²) in [6.07, 6.45) is 3.72. The van der Waals surface area contributed by atoms with Gasteiger partial charge in [-0.2, -0.15) is 0 Å². The molecule has 6 nitrogen and oxygen atoms in total. The number of rotatable bonds is 10. The van der Waals surface area contributed by atoms with Crippen LogP contribution in [0.4, 0.5) is 0 Å². The Morgan fingerprint density at radius 3 is 2.54 bits per heavy atom. The molecule has 0 saturated carbocycles. The summed E-state index contributed by atoms with van der Waals surface area (Å²) in [5.74, 6) is 1.96. The Morgan fingerprint density at radius 2 is 1.89 bits per heavy atom. The quantitative estimate of drug-likeness (QED) is 0.480. The minimum absolute atomic E-state index is 0.269. The van der Waals surface area contributed by atoms with Gasteiger partial charge in [0.25, 0.3) is 0 Å². The number of aromatic nitrogens is 1. The van der Waals surface area contributed by atoms with Gasteiger partial charge in [-0.3, -0.25) is 4.99 Å². The van der Waals surface area contributed by atoms with Gasteiger partial charge in [0.1, 0.15) is 6.26 Å². The van der Waals surface area contributed by atoms with Crippen molar-refractivity contribution in [3.8, 4) is 11.5 Å². The average molecular weight is 387 g/mol. The molecule has 2 aromatic rings. The molecule has 2 rings (SSSR count). The van der Waals surface area contributed by atoms with Gasteiger partial charge in [-0.05, 0) is 38.3 Å². The molecule has 28 heavy (non-hydrogen) atoms. The van der Waals surface area contributed by atoms with E-state index in [0.29, 0.717) is 11.8 Å². The second-order valence-electron chi connectivity index (χ2n) is 7.21. The van der Waals surface area contributed by atoms with Gasteiger partial charge in [0.05, 0.1) is 11.8 Å². The first-order valence-electron chi connectivity index (χ1n) is 10.1. The second-order valence-corrected chi connectivity index (χ2v) is 7.21. The molecule has 1 aromatic heterocycles. The minimum atomic E-state index is 0.269. The van der Waals surface area contributed by atoms with Gasteiger partial charge in [0.2, 0.25) is 5.89 Å². The Morgan fingerprint density at radius 1 is 1.18 bits per heavy atom. The monoisotopic (exact) mass is 386 g/mol. The number of benzene rings is 1. The van der Waals surface area contributed by atoms with Crippen molar-refractivity contribution in [3.05, 3.63) is 41.8 Å². The summed E-state index contributed by atoms with van der Waals surface area (Å²) >= 11 is 0. The molecule has 154 valence electrons. The van der Waals surface area contributed by atoms with Crippen molar-refractivity contribution >= 4 is 5.96 Å². The highest BCUT2D eigenvalue weighted by atomic mass is 16.5. The Labute approximate surface area is 168 Å². The Bertz CT molecular complexity index is 722. The first kappa shape index (κ1) is 22.0. The summed E-state index contributed by atoms with van der Waals surface area (Å²) in [5, 5.41) is 6.68. The third kappa shape index (κ3) is 7.00. The van der Waals surface area contributed by atoms with E-state index < -0.39 is 0 Å². The van der Waals surface area contributed by atoms with Crippen LogP contribution in [0.3, 0.4) is 0 Å². The Hall–Kier alpha value is -2.34. The van der Waals surface area contributed by atoms with Gasteiger partial charge in [-0.15, -0.1) is 0 Å². The van der Waals surface area contributed by atoms with Crippen LogP contribution in [0.15, 0.2) is 39.9 Å². The van der Waals surface area contributed by atoms with E-state index in [1.54, 1.807) is 13.3 Å². The summed E-state index contributed by atoms with van der Waals surface area (Å²) in [7, 11) is 1.78. The average Bonchev–Trinajstić information content (AvgIpc) is 3.15. The lowest BCUT2D eigenvalue weighted by atomic mass is 10.0. The second kappa shape index (κ2) is 11.5. The Kier molecular flexibility index (Phi) is 9.01. The topological polar surface area (TPSA) is 71.7 Å². The molecule has 0 fully saturated rings. The zero-order valence-electron chi connectivity index (χ0n) is 17.8. The van der Waals surface area contributed by atoms with Gasteiger partial charge >= 0.3 is 0 Å². The molecular weight excluding hydrogens is 352 g/mol. The lowest BCUT2D eigenvalue weighted by molar-refractivity contribution is 0.0258. The number of aryl methyl sites for hydroxylation is 1. The maximum atomic E-state index is 5.78. The summed E-state index contributed by atoms with van der Waals surface area (Å²) in [4.78, 5) is 8.85. The lowest BCUT2D eigenvalue weighted by Crippen LogP contribution is -2.40. The fourth-order valence-corrected chi connectivity index (χ4v) is 2.94. The van der Waals surface area contributed by atoms with Crippen molar-refractivity contribution < 1.29 is 9.15 Å². The van der Waals surface area contributed by atoms with Gasteiger partial charge in [-0.1, -0.05) is 31.5 Å². The van der Waals surface area contributed by atoms with E-state index in [1.807, 2.05) is 19.1 Å². The molecule has 1 aromatic carbocycles. The number of aliphatic imine (C=N–C) groups is 1. The molecule has 0 amide bonds. The van der Waals surface area contributed by atoms with Crippen LogP contribution in [0, 0.1) is 12.8 Å². The first-order chi connectivity index (χ1) is 13.5. The predicted octanol–water partition coefficient (Wildman–Crippen LogP) is 3.81. The molecule has 1 atom stereocenters. The third-order valence-corrected chi connectivity index (χ3v) is 4.59. The van der Waals surface area contributed by atoms with E-state index >= 15 is 0 Å². The molecule has 1 unspecified atom stereocenters. The van der Waals surface area contributed by atoms with Crippen molar-refractivity contribution in [3.63, 3.8) is 0 Å². The fraction of sp³-hybridized carbons (Fsp3) is 0.545. The minimum Gasteiger partial charge on any atom is -0.444 e. The van der Waals surface area contributed by atoms with Crippen LogP contribution in [-0.4, -0.2) is 43.8 Å². The number of hydrogen-bond donors (Lipinski definition) is 2. The van der Waals surface area contributed by atoms with Crippen molar-refractivity contribution in [2.24, 2.45) is 10.9 Å². The van der Waals surface area contributed by atoms with E-state index in [1.165, 1.54) is 5.56 Å². The third-order valence-electron chi connectivity index (χ3n) is 4.59. The molecule has 0 aliphatic rings. The van der Waals surface area contributed by atoms with E-state index in [-0.39, 0.29) is 6.10 Å². The van der Waals surface area contributed by atoms with Crippen molar-refractivity contribution in [1.82, 2.24) is 15.6 Å². The summed E-state index contributed by atoms with van der Waals surface area (Å²) < 4.78 is 11.4. The SMILES string of the molecule is CCOC(CCNC(=NC)NCCc1coc(-c2ccc(C)cc2)n1)C(C)C. The van der Waals surface area contributed by atoms with Gasteiger partial charge in [-0.25, -0.2) is 4.98 Å². The zero-order chi connectivity index (χ0) is 20.4. The highest BCUT2D eigenvalue weighted by Gasteiger charge is 2.13. The number of hydrogen-bond acceptors (Lipinski definition) is 4. The van der Waals surface area contributed by atoms with Crippen molar-refractivity contribution in [2.45, 2.75) is 46.6 Å².